The fourth-order valence-electron chi connectivity index (χ4n) is 3.71. The number of benzene rings is 1. The van der Waals surface area contributed by atoms with Crippen LogP contribution in [0.2, 0.25) is 0 Å². The van der Waals surface area contributed by atoms with Gasteiger partial charge in [0.05, 0.1) is 5.56 Å². The highest BCUT2D eigenvalue weighted by molar-refractivity contribution is 5.79. The molecule has 186 valence electrons. The summed E-state index contributed by atoms with van der Waals surface area (Å²) in [4.78, 5) is 29.9. The summed E-state index contributed by atoms with van der Waals surface area (Å²) in [6, 6.07) is 5.29. The van der Waals surface area contributed by atoms with Crippen molar-refractivity contribution < 1.29 is 18.0 Å². The van der Waals surface area contributed by atoms with Crippen LogP contribution in [0.15, 0.2) is 24.3 Å². The fraction of sp³-hybridized carbons (Fsp3) is 0.545. The monoisotopic (exact) mass is 480 g/mol. The molecule has 1 fully saturated rings. The van der Waals surface area contributed by atoms with Crippen molar-refractivity contribution in [2.24, 2.45) is 5.92 Å². The van der Waals surface area contributed by atoms with E-state index in [1.54, 1.807) is 7.05 Å². The first-order valence-electron chi connectivity index (χ1n) is 11.2. The van der Waals surface area contributed by atoms with Gasteiger partial charge in [0.1, 0.15) is 0 Å². The van der Waals surface area contributed by atoms with E-state index in [9.17, 15) is 18.0 Å². The fourth-order valence-corrected chi connectivity index (χ4v) is 3.71. The Morgan fingerprint density at radius 1 is 1.12 bits per heavy atom. The van der Waals surface area contributed by atoms with Crippen LogP contribution < -0.4 is 20.9 Å². The summed E-state index contributed by atoms with van der Waals surface area (Å²) < 4.78 is 39.5. The van der Waals surface area contributed by atoms with Crippen LogP contribution in [0, 0.1) is 5.92 Å². The molecular weight excluding hydrogens is 449 g/mol. The lowest BCUT2D eigenvalue weighted by Crippen LogP contribution is -2.41. The van der Waals surface area contributed by atoms with Crippen LogP contribution in [0.5, 0.6) is 0 Å². The second-order valence-electron chi connectivity index (χ2n) is 8.40. The second-order valence-corrected chi connectivity index (χ2v) is 8.40. The van der Waals surface area contributed by atoms with E-state index in [-0.39, 0.29) is 23.9 Å². The number of hydrogen-bond donors (Lipinski definition) is 3. The zero-order valence-electron chi connectivity index (χ0n) is 19.6. The molecule has 0 unspecified atom stereocenters. The van der Waals surface area contributed by atoms with Crippen LogP contribution >= 0.6 is 0 Å². The molecule has 0 radical (unpaired) electrons. The Bertz CT molecular complexity index is 961. The standard InChI is InChI=1S/C22H31F3N8O/c1-26-19-29-20(27-10-13-32(2)3)31-21(30-19)33-11-8-15(9-12-33)18(34)28-14-16-6-4-5-7-17(16)22(23,24)25/h4-7,15H,8-14H2,1-3H3,(H,28,34)(H2,26,27,29,30,31). The van der Waals surface area contributed by atoms with E-state index >= 15 is 0 Å². The Morgan fingerprint density at radius 3 is 2.44 bits per heavy atom. The Morgan fingerprint density at radius 2 is 1.79 bits per heavy atom. The molecule has 0 bridgehead atoms. The molecule has 0 aliphatic carbocycles. The minimum atomic E-state index is -4.45. The van der Waals surface area contributed by atoms with Gasteiger partial charge in [-0.25, -0.2) is 0 Å². The topological polar surface area (TPSA) is 98.3 Å². The normalized spacial score (nSPS) is 14.9. The van der Waals surface area contributed by atoms with Crippen molar-refractivity contribution in [2.75, 3.05) is 62.9 Å². The lowest BCUT2D eigenvalue weighted by Gasteiger charge is -2.31. The Hall–Kier alpha value is -3.15. The lowest BCUT2D eigenvalue weighted by atomic mass is 9.96. The third kappa shape index (κ3) is 6.92. The zero-order chi connectivity index (χ0) is 24.7. The van der Waals surface area contributed by atoms with E-state index in [0.717, 1.165) is 12.6 Å². The number of carbonyl (C=O) groups excluding carboxylic acids is 1. The Labute approximate surface area is 197 Å². The highest BCUT2D eigenvalue weighted by atomic mass is 19.4. The van der Waals surface area contributed by atoms with E-state index in [1.165, 1.54) is 18.2 Å². The molecule has 9 nitrogen and oxygen atoms in total. The highest BCUT2D eigenvalue weighted by Crippen LogP contribution is 2.32. The second kappa shape index (κ2) is 11.3. The van der Waals surface area contributed by atoms with Gasteiger partial charge in [-0.15, -0.1) is 0 Å². The third-order valence-electron chi connectivity index (χ3n) is 5.61. The molecule has 1 amide bonds. The molecule has 3 rings (SSSR count). The van der Waals surface area contributed by atoms with Crippen molar-refractivity contribution in [1.82, 2.24) is 25.2 Å². The van der Waals surface area contributed by atoms with Gasteiger partial charge in [-0.3, -0.25) is 4.79 Å². The molecule has 1 aliphatic heterocycles. The van der Waals surface area contributed by atoms with Gasteiger partial charge in [-0.2, -0.15) is 28.1 Å². The van der Waals surface area contributed by atoms with Crippen LogP contribution in [-0.4, -0.2) is 73.1 Å². The number of rotatable bonds is 9. The summed E-state index contributed by atoms with van der Waals surface area (Å²) in [5, 5.41) is 8.80. The minimum Gasteiger partial charge on any atom is -0.357 e. The smallest absolute Gasteiger partial charge is 0.357 e. The van der Waals surface area contributed by atoms with E-state index in [0.29, 0.717) is 50.3 Å². The number of amides is 1. The SMILES string of the molecule is CNc1nc(NCCN(C)C)nc(N2CCC(C(=O)NCc3ccccc3C(F)(F)F)CC2)n1. The van der Waals surface area contributed by atoms with E-state index in [1.807, 2.05) is 23.9 Å². The lowest BCUT2D eigenvalue weighted by molar-refractivity contribution is -0.138. The van der Waals surface area contributed by atoms with Crippen molar-refractivity contribution >= 4 is 23.8 Å². The Balaban J connectivity index is 1.56. The highest BCUT2D eigenvalue weighted by Gasteiger charge is 2.33. The summed E-state index contributed by atoms with van der Waals surface area (Å²) in [5.74, 6) is 0.913. The van der Waals surface area contributed by atoms with Crippen molar-refractivity contribution in [2.45, 2.75) is 25.6 Å². The number of carbonyl (C=O) groups is 1. The van der Waals surface area contributed by atoms with Gasteiger partial charge in [-0.05, 0) is 38.6 Å². The summed E-state index contributed by atoms with van der Waals surface area (Å²) in [6.07, 6.45) is -3.35. The van der Waals surface area contributed by atoms with Crippen LogP contribution in [-0.2, 0) is 17.5 Å². The van der Waals surface area contributed by atoms with Crippen molar-refractivity contribution in [3.05, 3.63) is 35.4 Å². The van der Waals surface area contributed by atoms with E-state index in [4.69, 9.17) is 0 Å². The molecule has 3 N–H and O–H groups in total. The largest absolute Gasteiger partial charge is 0.416 e. The number of piperidine rings is 1. The first-order chi connectivity index (χ1) is 16.2. The number of aromatic nitrogens is 3. The first-order valence-corrected chi connectivity index (χ1v) is 11.2. The number of alkyl halides is 3. The molecule has 2 aromatic rings. The van der Waals surface area contributed by atoms with Gasteiger partial charge in [0.15, 0.2) is 0 Å². The zero-order valence-corrected chi connectivity index (χ0v) is 19.6. The first kappa shape index (κ1) is 25.5. The summed E-state index contributed by atoms with van der Waals surface area (Å²) in [5.41, 5.74) is -0.671. The van der Waals surface area contributed by atoms with Crippen molar-refractivity contribution in [3.8, 4) is 0 Å². The van der Waals surface area contributed by atoms with Crippen LogP contribution in [0.25, 0.3) is 0 Å². The Kier molecular flexibility index (Phi) is 8.48. The average molecular weight is 481 g/mol. The quantitative estimate of drug-likeness (QED) is 0.504. The van der Waals surface area contributed by atoms with E-state index in [2.05, 4.69) is 30.9 Å². The van der Waals surface area contributed by atoms with Gasteiger partial charge in [0.2, 0.25) is 23.8 Å². The predicted octanol–water partition coefficient (Wildman–Crippen LogP) is 2.44. The van der Waals surface area contributed by atoms with Gasteiger partial charge in [-0.1, -0.05) is 18.2 Å². The van der Waals surface area contributed by atoms with Crippen LogP contribution in [0.4, 0.5) is 31.0 Å². The average Bonchev–Trinajstić information content (AvgIpc) is 2.81. The predicted molar refractivity (Wildman–Crippen MR) is 125 cm³/mol. The maximum atomic E-state index is 13.2. The molecule has 1 saturated heterocycles. The van der Waals surface area contributed by atoms with Crippen LogP contribution in [0.3, 0.4) is 0 Å². The molecule has 0 atom stereocenters. The number of nitrogens with one attached hydrogen (secondary N) is 3. The summed E-state index contributed by atoms with van der Waals surface area (Å²) >= 11 is 0. The number of anilines is 3. The molecule has 1 aromatic carbocycles. The maximum Gasteiger partial charge on any atom is 0.416 e. The van der Waals surface area contributed by atoms with Crippen LogP contribution in [0.1, 0.15) is 24.0 Å². The maximum absolute atomic E-state index is 13.2. The van der Waals surface area contributed by atoms with Crippen molar-refractivity contribution in [1.29, 1.82) is 0 Å². The summed E-state index contributed by atoms with van der Waals surface area (Å²) in [7, 11) is 5.69. The number of likely N-dealkylation sites (N-methyl/N-ethyl adjacent to an activating group) is 1. The van der Waals surface area contributed by atoms with Gasteiger partial charge >= 0.3 is 6.18 Å². The van der Waals surface area contributed by atoms with Crippen molar-refractivity contribution in [3.63, 3.8) is 0 Å². The van der Waals surface area contributed by atoms with E-state index < -0.39 is 11.7 Å². The minimum absolute atomic E-state index is 0.0554. The number of halogens is 3. The van der Waals surface area contributed by atoms with Gasteiger partial charge in [0, 0.05) is 45.7 Å². The number of nitrogens with zero attached hydrogens (tertiary/aromatic N) is 5. The number of hydrogen-bond acceptors (Lipinski definition) is 8. The summed E-state index contributed by atoms with van der Waals surface area (Å²) in [6.45, 7) is 2.46. The molecule has 12 heteroatoms. The molecule has 1 aromatic heterocycles. The van der Waals surface area contributed by atoms with Gasteiger partial charge in [0.25, 0.3) is 0 Å². The molecule has 1 aliphatic rings. The van der Waals surface area contributed by atoms with Gasteiger partial charge < -0.3 is 25.8 Å². The molecular formula is C22H31F3N8O. The molecule has 0 saturated carbocycles. The molecule has 2 heterocycles. The third-order valence-corrected chi connectivity index (χ3v) is 5.61. The molecule has 34 heavy (non-hydrogen) atoms. The molecule has 0 spiro atoms.